The van der Waals surface area contributed by atoms with Crippen LogP contribution in [-0.2, 0) is 9.84 Å². The van der Waals surface area contributed by atoms with E-state index in [4.69, 9.17) is 4.74 Å². The summed E-state index contributed by atoms with van der Waals surface area (Å²) in [5.74, 6) is -0.167. The van der Waals surface area contributed by atoms with Crippen molar-refractivity contribution in [2.45, 2.75) is 11.3 Å². The topological polar surface area (TPSA) is 76.0 Å². The number of fused-ring (bicyclic) bond motifs is 1. The molecule has 6 nitrogen and oxygen atoms in total. The number of nitrogens with zero attached hydrogens (tertiary/aromatic N) is 2. The van der Waals surface area contributed by atoms with Gasteiger partial charge >= 0.3 is 0 Å². The molecule has 0 spiro atoms. The number of anilines is 1. The van der Waals surface area contributed by atoms with E-state index in [9.17, 15) is 17.6 Å². The number of ether oxygens (including phenoxy) is 1. The number of amides is 1. The summed E-state index contributed by atoms with van der Waals surface area (Å²) < 4.78 is 42.6. The molecule has 2 heterocycles. The normalized spacial score (nSPS) is 24.4. The Kier molecular flexibility index (Phi) is 4.88. The minimum absolute atomic E-state index is 0.0161. The number of sulfone groups is 1. The minimum Gasteiger partial charge on any atom is -0.497 e. The Labute approximate surface area is 166 Å². The van der Waals surface area contributed by atoms with Crippen molar-refractivity contribution >= 4 is 38.4 Å². The van der Waals surface area contributed by atoms with Crippen molar-refractivity contribution in [3.05, 3.63) is 59.9 Å². The SMILES string of the molecule is COc1ccc(C(=O)N=C2SC3CS(=O)(=O)CC3N2c2ccc(F)cc2)cc1. The first-order valence-corrected chi connectivity index (χ1v) is 11.3. The van der Waals surface area contributed by atoms with Crippen LogP contribution in [0.25, 0.3) is 0 Å². The summed E-state index contributed by atoms with van der Waals surface area (Å²) in [5.41, 5.74) is 1.01. The highest BCUT2D eigenvalue weighted by Crippen LogP contribution is 2.41. The number of carbonyl (C=O) groups is 1. The van der Waals surface area contributed by atoms with Gasteiger partial charge in [0.15, 0.2) is 15.0 Å². The van der Waals surface area contributed by atoms with Gasteiger partial charge in [0.25, 0.3) is 5.91 Å². The van der Waals surface area contributed by atoms with Gasteiger partial charge in [-0.05, 0) is 48.5 Å². The van der Waals surface area contributed by atoms with Crippen LogP contribution in [0.15, 0.2) is 53.5 Å². The molecule has 2 aromatic rings. The molecule has 2 aliphatic rings. The maximum atomic E-state index is 13.3. The molecule has 1 amide bonds. The van der Waals surface area contributed by atoms with E-state index in [1.807, 2.05) is 0 Å². The van der Waals surface area contributed by atoms with Crippen molar-refractivity contribution in [3.8, 4) is 5.75 Å². The lowest BCUT2D eigenvalue weighted by Crippen LogP contribution is -2.37. The first-order chi connectivity index (χ1) is 13.4. The van der Waals surface area contributed by atoms with Gasteiger partial charge in [-0.25, -0.2) is 12.8 Å². The van der Waals surface area contributed by atoms with E-state index in [-0.39, 0.29) is 28.6 Å². The van der Waals surface area contributed by atoms with Crippen LogP contribution in [-0.4, -0.2) is 49.4 Å². The van der Waals surface area contributed by atoms with Gasteiger partial charge in [0.2, 0.25) is 0 Å². The standard InChI is InChI=1S/C19H17FN2O4S2/c1-26-15-8-2-12(3-9-15)18(23)21-19-22(14-6-4-13(20)5-7-14)16-10-28(24,25)11-17(16)27-19/h2-9,16-17H,10-11H2,1H3. The predicted octanol–water partition coefficient (Wildman–Crippen LogP) is 2.75. The zero-order valence-corrected chi connectivity index (χ0v) is 16.5. The highest BCUT2D eigenvalue weighted by molar-refractivity contribution is 8.16. The van der Waals surface area contributed by atoms with Crippen LogP contribution >= 0.6 is 11.8 Å². The molecule has 9 heteroatoms. The molecule has 4 rings (SSSR count). The van der Waals surface area contributed by atoms with Crippen LogP contribution in [0.2, 0.25) is 0 Å². The smallest absolute Gasteiger partial charge is 0.279 e. The number of thioether (sulfide) groups is 1. The third kappa shape index (κ3) is 3.64. The van der Waals surface area contributed by atoms with Crippen LogP contribution in [0, 0.1) is 5.82 Å². The molecule has 2 atom stereocenters. The van der Waals surface area contributed by atoms with Crippen molar-refractivity contribution in [1.29, 1.82) is 0 Å². The first-order valence-electron chi connectivity index (χ1n) is 8.55. The predicted molar refractivity (Wildman–Crippen MR) is 107 cm³/mol. The number of methoxy groups -OCH3 is 1. The van der Waals surface area contributed by atoms with E-state index in [1.54, 1.807) is 48.4 Å². The van der Waals surface area contributed by atoms with E-state index in [0.29, 0.717) is 22.2 Å². The van der Waals surface area contributed by atoms with Crippen LogP contribution in [0.4, 0.5) is 10.1 Å². The van der Waals surface area contributed by atoms with Gasteiger partial charge < -0.3 is 9.64 Å². The number of hydrogen-bond donors (Lipinski definition) is 0. The number of amidine groups is 1. The number of rotatable bonds is 3. The first kappa shape index (κ1) is 18.9. The summed E-state index contributed by atoms with van der Waals surface area (Å²) >= 11 is 1.28. The molecule has 2 aromatic carbocycles. The average molecular weight is 420 g/mol. The van der Waals surface area contributed by atoms with Gasteiger partial charge in [0.1, 0.15) is 11.6 Å². The average Bonchev–Trinajstić information content (AvgIpc) is 3.13. The lowest BCUT2D eigenvalue weighted by Gasteiger charge is -2.24. The quantitative estimate of drug-likeness (QED) is 0.760. The molecule has 146 valence electrons. The molecule has 0 saturated carbocycles. The van der Waals surface area contributed by atoms with Gasteiger partial charge in [-0.1, -0.05) is 11.8 Å². The monoisotopic (exact) mass is 420 g/mol. The van der Waals surface area contributed by atoms with Crippen molar-refractivity contribution in [3.63, 3.8) is 0 Å². The highest BCUT2D eigenvalue weighted by atomic mass is 32.2. The largest absolute Gasteiger partial charge is 0.497 e. The fourth-order valence-corrected chi connectivity index (χ4v) is 7.27. The van der Waals surface area contributed by atoms with Crippen molar-refractivity contribution in [2.24, 2.45) is 4.99 Å². The van der Waals surface area contributed by atoms with Gasteiger partial charge in [-0.15, -0.1) is 0 Å². The summed E-state index contributed by atoms with van der Waals surface area (Å²) in [7, 11) is -1.62. The lowest BCUT2D eigenvalue weighted by atomic mass is 10.2. The van der Waals surface area contributed by atoms with Crippen molar-refractivity contribution in [2.75, 3.05) is 23.5 Å². The van der Waals surface area contributed by atoms with Gasteiger partial charge in [-0.2, -0.15) is 4.99 Å². The summed E-state index contributed by atoms with van der Waals surface area (Å²) in [6, 6.07) is 12.0. The summed E-state index contributed by atoms with van der Waals surface area (Å²) in [6.45, 7) is 0. The number of carbonyl (C=O) groups excluding carboxylic acids is 1. The van der Waals surface area contributed by atoms with Crippen LogP contribution in [0.1, 0.15) is 10.4 Å². The third-order valence-electron chi connectivity index (χ3n) is 4.71. The van der Waals surface area contributed by atoms with E-state index < -0.39 is 15.7 Å². The molecule has 2 fully saturated rings. The minimum atomic E-state index is -3.16. The Bertz CT molecular complexity index is 1040. The van der Waals surface area contributed by atoms with Crippen molar-refractivity contribution < 1.29 is 22.3 Å². The Morgan fingerprint density at radius 2 is 1.82 bits per heavy atom. The second kappa shape index (κ2) is 7.21. The second-order valence-electron chi connectivity index (χ2n) is 6.58. The Hall–Kier alpha value is -2.39. The third-order valence-corrected chi connectivity index (χ3v) is 7.92. The number of aliphatic imine (C=N–C) groups is 1. The fraction of sp³-hybridized carbons (Fsp3) is 0.263. The molecule has 0 aromatic heterocycles. The highest BCUT2D eigenvalue weighted by Gasteiger charge is 2.49. The second-order valence-corrected chi connectivity index (χ2v) is 9.94. The molecule has 2 saturated heterocycles. The molecule has 0 radical (unpaired) electrons. The Morgan fingerprint density at radius 3 is 2.46 bits per heavy atom. The van der Waals surface area contributed by atoms with Crippen molar-refractivity contribution in [1.82, 2.24) is 0 Å². The zero-order chi connectivity index (χ0) is 19.9. The lowest BCUT2D eigenvalue weighted by molar-refractivity contribution is 0.100. The number of halogens is 1. The van der Waals surface area contributed by atoms with Crippen LogP contribution in [0.3, 0.4) is 0 Å². The summed E-state index contributed by atoms with van der Waals surface area (Å²) in [4.78, 5) is 18.6. The molecule has 2 unspecified atom stereocenters. The number of benzene rings is 2. The van der Waals surface area contributed by atoms with Crippen LogP contribution in [0.5, 0.6) is 5.75 Å². The Balaban J connectivity index is 1.68. The number of hydrogen-bond acceptors (Lipinski definition) is 5. The van der Waals surface area contributed by atoms with E-state index in [2.05, 4.69) is 4.99 Å². The zero-order valence-electron chi connectivity index (χ0n) is 14.9. The van der Waals surface area contributed by atoms with Gasteiger partial charge in [0.05, 0.1) is 24.7 Å². The summed E-state index contributed by atoms with van der Waals surface area (Å²) in [5, 5.41) is 0.217. The maximum Gasteiger partial charge on any atom is 0.279 e. The van der Waals surface area contributed by atoms with E-state index >= 15 is 0 Å². The molecule has 28 heavy (non-hydrogen) atoms. The Morgan fingerprint density at radius 1 is 1.14 bits per heavy atom. The molecular weight excluding hydrogens is 403 g/mol. The fourth-order valence-electron chi connectivity index (χ4n) is 3.35. The molecule has 2 aliphatic heterocycles. The van der Waals surface area contributed by atoms with Gasteiger partial charge in [0, 0.05) is 16.5 Å². The molecular formula is C19H17FN2O4S2. The van der Waals surface area contributed by atoms with E-state index in [1.165, 1.54) is 23.9 Å². The molecule has 0 bridgehead atoms. The van der Waals surface area contributed by atoms with Gasteiger partial charge in [-0.3, -0.25) is 4.79 Å². The molecule has 0 N–H and O–H groups in total. The summed E-state index contributed by atoms with van der Waals surface area (Å²) in [6.07, 6.45) is 0. The molecule has 0 aliphatic carbocycles. The van der Waals surface area contributed by atoms with Crippen LogP contribution < -0.4 is 9.64 Å². The maximum absolute atomic E-state index is 13.3. The van der Waals surface area contributed by atoms with E-state index in [0.717, 1.165) is 0 Å².